The summed E-state index contributed by atoms with van der Waals surface area (Å²) >= 11 is 0. The fraction of sp³-hybridized carbons (Fsp3) is 0.500. The molecule has 0 aliphatic heterocycles. The van der Waals surface area contributed by atoms with Gasteiger partial charge in [-0.05, 0) is 26.0 Å². The second-order valence-corrected chi connectivity index (χ2v) is 4.96. The quantitative estimate of drug-likeness (QED) is 0.832. The Bertz CT molecular complexity index is 467. The van der Waals surface area contributed by atoms with Crippen molar-refractivity contribution in [2.24, 2.45) is 5.73 Å². The molecule has 7 heteroatoms. The van der Waals surface area contributed by atoms with Crippen LogP contribution in [0.4, 0.5) is 0 Å². The molecule has 0 saturated heterocycles. The summed E-state index contributed by atoms with van der Waals surface area (Å²) in [5, 5.41) is 2.85. The molecule has 0 radical (unpaired) electrons. The predicted molar refractivity (Wildman–Crippen MR) is 83.9 cm³/mol. The number of nitrogens with one attached hydrogen (secondary N) is 1. The number of amides is 1. The highest BCUT2D eigenvalue weighted by atomic mass is 35.5. The van der Waals surface area contributed by atoms with E-state index in [0.29, 0.717) is 29.4 Å². The number of benzene rings is 1. The summed E-state index contributed by atoms with van der Waals surface area (Å²) in [6.45, 7) is 4.04. The van der Waals surface area contributed by atoms with E-state index < -0.39 is 5.54 Å². The van der Waals surface area contributed by atoms with Gasteiger partial charge >= 0.3 is 0 Å². The van der Waals surface area contributed by atoms with Crippen LogP contribution in [-0.2, 0) is 0 Å². The summed E-state index contributed by atoms with van der Waals surface area (Å²) in [6, 6.07) is 3.20. The van der Waals surface area contributed by atoms with Crippen molar-refractivity contribution in [3.05, 3.63) is 17.7 Å². The summed E-state index contributed by atoms with van der Waals surface area (Å²) in [5.41, 5.74) is 5.54. The van der Waals surface area contributed by atoms with Gasteiger partial charge in [-0.25, -0.2) is 0 Å². The van der Waals surface area contributed by atoms with E-state index in [4.69, 9.17) is 19.9 Å². The first-order valence-electron chi connectivity index (χ1n) is 6.21. The highest BCUT2D eigenvalue weighted by Crippen LogP contribution is 2.38. The van der Waals surface area contributed by atoms with Crippen molar-refractivity contribution in [3.8, 4) is 17.2 Å². The van der Waals surface area contributed by atoms with Crippen LogP contribution in [0.2, 0.25) is 0 Å². The first kappa shape index (κ1) is 19.3. The third-order valence-electron chi connectivity index (χ3n) is 2.89. The van der Waals surface area contributed by atoms with Gasteiger partial charge in [-0.15, -0.1) is 12.4 Å². The lowest BCUT2D eigenvalue weighted by atomic mass is 10.0. The molecule has 0 aliphatic rings. The van der Waals surface area contributed by atoms with E-state index in [1.54, 1.807) is 12.1 Å². The number of hydrogen-bond donors (Lipinski definition) is 2. The molecule has 21 heavy (non-hydrogen) atoms. The van der Waals surface area contributed by atoms with E-state index >= 15 is 0 Å². The lowest BCUT2D eigenvalue weighted by Crippen LogP contribution is -2.48. The smallest absolute Gasteiger partial charge is 0.252 e. The lowest BCUT2D eigenvalue weighted by Gasteiger charge is -2.24. The molecule has 0 aromatic heterocycles. The third-order valence-corrected chi connectivity index (χ3v) is 2.89. The van der Waals surface area contributed by atoms with Gasteiger partial charge in [-0.2, -0.15) is 0 Å². The van der Waals surface area contributed by atoms with Crippen LogP contribution >= 0.6 is 12.4 Å². The van der Waals surface area contributed by atoms with Gasteiger partial charge in [-0.1, -0.05) is 0 Å². The first-order valence-corrected chi connectivity index (χ1v) is 6.21. The number of rotatable bonds is 6. The van der Waals surface area contributed by atoms with Crippen LogP contribution in [0, 0.1) is 0 Å². The van der Waals surface area contributed by atoms with E-state index in [-0.39, 0.29) is 18.3 Å². The molecule has 1 aromatic carbocycles. The van der Waals surface area contributed by atoms with E-state index in [1.165, 1.54) is 21.3 Å². The maximum Gasteiger partial charge on any atom is 0.252 e. The molecule has 0 fully saturated rings. The number of methoxy groups -OCH3 is 3. The van der Waals surface area contributed by atoms with Gasteiger partial charge in [0, 0.05) is 17.6 Å². The molecule has 120 valence electrons. The molecular weight excluding hydrogens is 296 g/mol. The Balaban J connectivity index is 0.00000400. The van der Waals surface area contributed by atoms with Crippen molar-refractivity contribution in [1.29, 1.82) is 0 Å². The largest absolute Gasteiger partial charge is 0.493 e. The molecule has 6 nitrogen and oxygen atoms in total. The molecule has 0 unspecified atom stereocenters. The van der Waals surface area contributed by atoms with Crippen LogP contribution in [0.1, 0.15) is 24.2 Å². The SMILES string of the molecule is COc1cc(C(=O)NC(C)(C)CN)cc(OC)c1OC.Cl. The predicted octanol–water partition coefficient (Wildman–Crippen LogP) is 1.60. The Labute approximate surface area is 131 Å². The average molecular weight is 319 g/mol. The van der Waals surface area contributed by atoms with Crippen LogP contribution in [0.15, 0.2) is 12.1 Å². The molecule has 0 bridgehead atoms. The number of hydrogen-bond acceptors (Lipinski definition) is 5. The molecule has 0 atom stereocenters. The average Bonchev–Trinajstić information content (AvgIpc) is 2.44. The van der Waals surface area contributed by atoms with Gasteiger partial charge in [0.05, 0.1) is 21.3 Å². The summed E-state index contributed by atoms with van der Waals surface area (Å²) in [4.78, 5) is 12.2. The fourth-order valence-electron chi connectivity index (χ4n) is 1.64. The molecule has 1 rings (SSSR count). The van der Waals surface area contributed by atoms with Crippen molar-refractivity contribution < 1.29 is 19.0 Å². The van der Waals surface area contributed by atoms with Crippen LogP contribution in [0.5, 0.6) is 17.2 Å². The van der Waals surface area contributed by atoms with Crippen LogP contribution in [0.25, 0.3) is 0 Å². The van der Waals surface area contributed by atoms with E-state index in [1.807, 2.05) is 13.8 Å². The minimum atomic E-state index is -0.489. The van der Waals surface area contributed by atoms with Crippen molar-refractivity contribution in [2.75, 3.05) is 27.9 Å². The Kier molecular flexibility index (Phi) is 7.32. The maximum absolute atomic E-state index is 12.2. The van der Waals surface area contributed by atoms with E-state index in [2.05, 4.69) is 5.32 Å². The van der Waals surface area contributed by atoms with Crippen molar-refractivity contribution in [1.82, 2.24) is 5.32 Å². The fourth-order valence-corrected chi connectivity index (χ4v) is 1.64. The zero-order chi connectivity index (χ0) is 15.3. The summed E-state index contributed by atoms with van der Waals surface area (Å²) in [5.74, 6) is 1.06. The van der Waals surface area contributed by atoms with Gasteiger partial charge in [-0.3, -0.25) is 4.79 Å². The molecule has 1 aromatic rings. The van der Waals surface area contributed by atoms with Gasteiger partial charge < -0.3 is 25.3 Å². The molecule has 0 aliphatic carbocycles. The maximum atomic E-state index is 12.2. The number of halogens is 1. The molecule has 3 N–H and O–H groups in total. The van der Waals surface area contributed by atoms with Crippen molar-refractivity contribution in [3.63, 3.8) is 0 Å². The Morgan fingerprint density at radius 2 is 1.62 bits per heavy atom. The lowest BCUT2D eigenvalue weighted by molar-refractivity contribution is 0.0915. The topological polar surface area (TPSA) is 82.8 Å². The minimum Gasteiger partial charge on any atom is -0.493 e. The highest BCUT2D eigenvalue weighted by Gasteiger charge is 2.22. The minimum absolute atomic E-state index is 0. The molecule has 1 amide bonds. The zero-order valence-corrected chi connectivity index (χ0v) is 13.8. The normalized spacial score (nSPS) is 10.4. The molecular formula is C14H23ClN2O4. The first-order chi connectivity index (χ1) is 9.38. The summed E-state index contributed by atoms with van der Waals surface area (Å²) < 4.78 is 15.6. The second kappa shape index (κ2) is 7.95. The summed E-state index contributed by atoms with van der Waals surface area (Å²) in [7, 11) is 4.52. The van der Waals surface area contributed by atoms with Gasteiger partial charge in [0.15, 0.2) is 11.5 Å². The second-order valence-electron chi connectivity index (χ2n) is 4.96. The number of carbonyl (C=O) groups is 1. The summed E-state index contributed by atoms with van der Waals surface area (Å²) in [6.07, 6.45) is 0. The molecule has 0 heterocycles. The van der Waals surface area contributed by atoms with E-state index in [0.717, 1.165) is 0 Å². The highest BCUT2D eigenvalue weighted by molar-refractivity contribution is 5.96. The van der Waals surface area contributed by atoms with E-state index in [9.17, 15) is 4.79 Å². The van der Waals surface area contributed by atoms with Crippen LogP contribution in [-0.4, -0.2) is 39.3 Å². The van der Waals surface area contributed by atoms with Gasteiger partial charge in [0.1, 0.15) is 0 Å². The number of carbonyl (C=O) groups excluding carboxylic acids is 1. The standard InChI is InChI=1S/C14H22N2O4.ClH/c1-14(2,8-15)16-13(17)9-6-10(18-3)12(20-5)11(7-9)19-4;/h6-7H,8,15H2,1-5H3,(H,16,17);1H. The third kappa shape index (κ3) is 4.68. The zero-order valence-electron chi connectivity index (χ0n) is 13.0. The van der Waals surface area contributed by atoms with Crippen LogP contribution < -0.4 is 25.3 Å². The molecule has 0 saturated carbocycles. The van der Waals surface area contributed by atoms with Gasteiger partial charge in [0.2, 0.25) is 5.75 Å². The Morgan fingerprint density at radius 1 is 1.14 bits per heavy atom. The Hall–Kier alpha value is -1.66. The van der Waals surface area contributed by atoms with Crippen LogP contribution in [0.3, 0.4) is 0 Å². The van der Waals surface area contributed by atoms with Crippen molar-refractivity contribution in [2.45, 2.75) is 19.4 Å². The van der Waals surface area contributed by atoms with Gasteiger partial charge in [0.25, 0.3) is 5.91 Å². The monoisotopic (exact) mass is 318 g/mol. The number of ether oxygens (including phenoxy) is 3. The Morgan fingerprint density at radius 3 is 1.95 bits per heavy atom. The van der Waals surface area contributed by atoms with Crippen molar-refractivity contribution >= 4 is 18.3 Å². The molecule has 0 spiro atoms. The number of nitrogens with two attached hydrogens (primary N) is 1.